The number of aliphatic hydroxyl groups is 1. The first kappa shape index (κ1) is 13.3. The Balaban J connectivity index is 3.42. The van der Waals surface area contributed by atoms with Gasteiger partial charge in [-0.25, -0.2) is 4.79 Å². The van der Waals surface area contributed by atoms with E-state index < -0.39 is 5.97 Å². The van der Waals surface area contributed by atoms with E-state index in [1.807, 2.05) is 0 Å². The Morgan fingerprint density at radius 2 is 2.00 bits per heavy atom. The number of benzene rings is 1. The third-order valence-electron chi connectivity index (χ3n) is 2.56. The number of rotatable bonds is 5. The van der Waals surface area contributed by atoms with Crippen molar-refractivity contribution in [2.45, 2.75) is 12.8 Å². The highest BCUT2D eigenvalue weighted by molar-refractivity contribution is 5.89. The monoisotopic (exact) mass is 240 g/mol. The molecule has 1 unspecified atom stereocenters. The van der Waals surface area contributed by atoms with Crippen LogP contribution in [0.2, 0.25) is 0 Å². The molecule has 0 spiro atoms. The van der Waals surface area contributed by atoms with Gasteiger partial charge in [0.15, 0.2) is 11.5 Å². The van der Waals surface area contributed by atoms with Crippen LogP contribution in [0, 0.1) is 0 Å². The fourth-order valence-electron chi connectivity index (χ4n) is 1.58. The van der Waals surface area contributed by atoms with Gasteiger partial charge >= 0.3 is 5.97 Å². The van der Waals surface area contributed by atoms with Gasteiger partial charge in [0.05, 0.1) is 19.8 Å². The summed E-state index contributed by atoms with van der Waals surface area (Å²) in [7, 11) is 2.92. The summed E-state index contributed by atoms with van der Waals surface area (Å²) in [6.07, 6.45) is 0. The fourth-order valence-corrected chi connectivity index (χ4v) is 1.58. The number of aromatic carboxylic acids is 1. The van der Waals surface area contributed by atoms with Gasteiger partial charge in [-0.2, -0.15) is 0 Å². The quantitative estimate of drug-likeness (QED) is 0.815. The molecule has 0 saturated carbocycles. The van der Waals surface area contributed by atoms with E-state index in [2.05, 4.69) is 0 Å². The minimum absolute atomic E-state index is 0.0947. The van der Waals surface area contributed by atoms with Crippen molar-refractivity contribution in [3.63, 3.8) is 0 Å². The van der Waals surface area contributed by atoms with Crippen molar-refractivity contribution < 1.29 is 24.5 Å². The first-order valence-corrected chi connectivity index (χ1v) is 5.15. The Bertz CT molecular complexity index is 414. The average molecular weight is 240 g/mol. The molecule has 5 nitrogen and oxygen atoms in total. The van der Waals surface area contributed by atoms with Gasteiger partial charge in [-0.3, -0.25) is 0 Å². The number of aliphatic hydroxyl groups excluding tert-OH is 1. The van der Waals surface area contributed by atoms with E-state index in [-0.39, 0.29) is 18.1 Å². The Kier molecular flexibility index (Phi) is 4.34. The Morgan fingerprint density at radius 3 is 2.41 bits per heavy atom. The van der Waals surface area contributed by atoms with Crippen molar-refractivity contribution in [3.05, 3.63) is 23.3 Å². The number of carboxylic acids is 1. The zero-order valence-corrected chi connectivity index (χ0v) is 10.1. The van der Waals surface area contributed by atoms with Gasteiger partial charge in [0.25, 0.3) is 0 Å². The summed E-state index contributed by atoms with van der Waals surface area (Å²) in [5, 5.41) is 18.1. The molecule has 0 saturated heterocycles. The maximum atomic E-state index is 11.0. The van der Waals surface area contributed by atoms with E-state index in [4.69, 9.17) is 19.7 Å². The van der Waals surface area contributed by atoms with Crippen molar-refractivity contribution >= 4 is 5.97 Å². The Morgan fingerprint density at radius 1 is 1.35 bits per heavy atom. The third kappa shape index (κ3) is 2.68. The van der Waals surface area contributed by atoms with E-state index in [0.29, 0.717) is 17.1 Å². The lowest BCUT2D eigenvalue weighted by molar-refractivity contribution is 0.0696. The number of carboxylic acid groups (broad SMARTS) is 1. The molecular weight excluding hydrogens is 224 g/mol. The molecule has 0 bridgehead atoms. The molecular formula is C12H16O5. The first-order valence-electron chi connectivity index (χ1n) is 5.15. The van der Waals surface area contributed by atoms with Crippen LogP contribution < -0.4 is 9.47 Å². The van der Waals surface area contributed by atoms with Crippen LogP contribution in [-0.4, -0.2) is 37.0 Å². The van der Waals surface area contributed by atoms with Gasteiger partial charge in [-0.15, -0.1) is 0 Å². The zero-order valence-electron chi connectivity index (χ0n) is 10.1. The van der Waals surface area contributed by atoms with Crippen LogP contribution >= 0.6 is 0 Å². The SMILES string of the molecule is COc1cc(C(=O)O)cc(C(C)CO)c1OC. The Labute approximate surface area is 99.6 Å². The molecule has 1 aromatic carbocycles. The van der Waals surface area contributed by atoms with Gasteiger partial charge in [-0.05, 0) is 12.1 Å². The molecule has 0 aliphatic rings. The van der Waals surface area contributed by atoms with E-state index >= 15 is 0 Å². The number of ether oxygens (including phenoxy) is 2. The fraction of sp³-hybridized carbons (Fsp3) is 0.417. The van der Waals surface area contributed by atoms with Crippen LogP contribution in [0.5, 0.6) is 11.5 Å². The maximum absolute atomic E-state index is 11.0. The molecule has 0 fully saturated rings. The lowest BCUT2D eigenvalue weighted by Crippen LogP contribution is -2.07. The normalized spacial score (nSPS) is 12.0. The summed E-state index contributed by atoms with van der Waals surface area (Å²) in [5.74, 6) is -0.461. The second kappa shape index (κ2) is 5.54. The minimum atomic E-state index is -1.04. The molecule has 1 rings (SSSR count). The van der Waals surface area contributed by atoms with Crippen LogP contribution in [0.15, 0.2) is 12.1 Å². The second-order valence-corrected chi connectivity index (χ2v) is 3.69. The van der Waals surface area contributed by atoms with Crippen LogP contribution in [0.3, 0.4) is 0 Å². The molecule has 1 atom stereocenters. The summed E-state index contributed by atoms with van der Waals surface area (Å²) in [4.78, 5) is 11.0. The molecule has 1 aromatic rings. The summed E-state index contributed by atoms with van der Waals surface area (Å²) in [6.45, 7) is 1.69. The second-order valence-electron chi connectivity index (χ2n) is 3.69. The topological polar surface area (TPSA) is 76.0 Å². The molecule has 0 heterocycles. The standard InChI is InChI=1S/C12H16O5/c1-7(6-13)9-4-8(12(14)15)5-10(16-2)11(9)17-3/h4-5,7,13H,6H2,1-3H3,(H,14,15). The molecule has 94 valence electrons. The van der Waals surface area contributed by atoms with Crippen molar-refractivity contribution in [1.82, 2.24) is 0 Å². The van der Waals surface area contributed by atoms with Gasteiger partial charge in [0.1, 0.15) is 0 Å². The number of hydrogen-bond donors (Lipinski definition) is 2. The summed E-state index contributed by atoms with van der Waals surface area (Å²) in [5.41, 5.74) is 0.727. The highest BCUT2D eigenvalue weighted by Gasteiger charge is 2.19. The van der Waals surface area contributed by atoms with Crippen molar-refractivity contribution in [3.8, 4) is 11.5 Å². The van der Waals surface area contributed by atoms with Gasteiger partial charge in [0, 0.05) is 18.1 Å². The maximum Gasteiger partial charge on any atom is 0.335 e. The minimum Gasteiger partial charge on any atom is -0.493 e. The highest BCUT2D eigenvalue weighted by Crippen LogP contribution is 2.36. The van der Waals surface area contributed by atoms with E-state index in [1.54, 1.807) is 6.92 Å². The molecule has 2 N–H and O–H groups in total. The lowest BCUT2D eigenvalue weighted by Gasteiger charge is -2.17. The van der Waals surface area contributed by atoms with E-state index in [9.17, 15) is 4.79 Å². The van der Waals surface area contributed by atoms with Crippen LogP contribution in [-0.2, 0) is 0 Å². The summed E-state index contributed by atoms with van der Waals surface area (Å²) >= 11 is 0. The first-order chi connectivity index (χ1) is 8.04. The molecule has 0 aromatic heterocycles. The van der Waals surface area contributed by atoms with Gasteiger partial charge in [-0.1, -0.05) is 6.92 Å². The van der Waals surface area contributed by atoms with Gasteiger partial charge in [0.2, 0.25) is 0 Å². The number of hydrogen-bond acceptors (Lipinski definition) is 4. The number of methoxy groups -OCH3 is 2. The van der Waals surface area contributed by atoms with Crippen molar-refractivity contribution in [2.75, 3.05) is 20.8 Å². The molecule has 0 aliphatic carbocycles. The average Bonchev–Trinajstić information content (AvgIpc) is 2.35. The van der Waals surface area contributed by atoms with Crippen molar-refractivity contribution in [2.24, 2.45) is 0 Å². The number of carbonyl (C=O) groups is 1. The van der Waals surface area contributed by atoms with Crippen LogP contribution in [0.25, 0.3) is 0 Å². The predicted molar refractivity (Wildman–Crippen MR) is 62.0 cm³/mol. The van der Waals surface area contributed by atoms with Crippen LogP contribution in [0.1, 0.15) is 28.8 Å². The van der Waals surface area contributed by atoms with E-state index in [1.165, 1.54) is 26.4 Å². The van der Waals surface area contributed by atoms with Gasteiger partial charge < -0.3 is 19.7 Å². The summed E-state index contributed by atoms with van der Waals surface area (Å²) < 4.78 is 10.3. The highest BCUT2D eigenvalue weighted by atomic mass is 16.5. The molecule has 0 amide bonds. The van der Waals surface area contributed by atoms with Crippen molar-refractivity contribution in [1.29, 1.82) is 0 Å². The molecule has 0 aliphatic heterocycles. The smallest absolute Gasteiger partial charge is 0.335 e. The third-order valence-corrected chi connectivity index (χ3v) is 2.56. The largest absolute Gasteiger partial charge is 0.493 e. The predicted octanol–water partition coefficient (Wildman–Crippen LogP) is 1.50. The zero-order chi connectivity index (χ0) is 13.0. The lowest BCUT2D eigenvalue weighted by atomic mass is 9.98. The molecule has 5 heteroatoms. The molecule has 17 heavy (non-hydrogen) atoms. The van der Waals surface area contributed by atoms with E-state index in [0.717, 1.165) is 0 Å². The van der Waals surface area contributed by atoms with Crippen LogP contribution in [0.4, 0.5) is 0 Å². The molecule has 0 radical (unpaired) electrons. The Hall–Kier alpha value is -1.75. The summed E-state index contributed by atoms with van der Waals surface area (Å²) in [6, 6.07) is 2.89.